The molecule has 3 aromatic rings. The lowest BCUT2D eigenvalue weighted by molar-refractivity contribution is -0.126. The molecule has 1 N–H and O–H groups in total. The minimum absolute atomic E-state index is 0.149. The van der Waals surface area contributed by atoms with Crippen molar-refractivity contribution in [3.05, 3.63) is 64.2 Å². The van der Waals surface area contributed by atoms with Gasteiger partial charge in [0.05, 0.1) is 31.7 Å². The van der Waals surface area contributed by atoms with Gasteiger partial charge >= 0.3 is 0 Å². The van der Waals surface area contributed by atoms with Crippen molar-refractivity contribution in [2.24, 2.45) is 0 Å². The smallest absolute Gasteiger partial charge is 0.258 e. The molecule has 0 radical (unpaired) electrons. The lowest BCUT2D eigenvalue weighted by Crippen LogP contribution is -2.30. The Bertz CT molecular complexity index is 1280. The van der Waals surface area contributed by atoms with Gasteiger partial charge in [0.15, 0.2) is 11.5 Å². The Kier molecular flexibility index (Phi) is 8.25. The predicted molar refractivity (Wildman–Crippen MR) is 143 cm³/mol. The zero-order valence-corrected chi connectivity index (χ0v) is 21.3. The lowest BCUT2D eigenvalue weighted by atomic mass is 10.1. The maximum Gasteiger partial charge on any atom is 0.258 e. The van der Waals surface area contributed by atoms with Gasteiger partial charge < -0.3 is 24.3 Å². The Hall–Kier alpha value is -3.81. The van der Waals surface area contributed by atoms with Gasteiger partial charge in [-0.25, -0.2) is 4.98 Å². The lowest BCUT2D eigenvalue weighted by Gasteiger charge is -2.22. The summed E-state index contributed by atoms with van der Waals surface area (Å²) in [4.78, 5) is 37.0. The SMILES string of the molecule is CCN(Cc1nc2cc(OC)c(OC)cc2c(=O)[nH]1)C(=O)/C=C/c1ccc(N2CCCCCC2)cc1. The average Bonchev–Trinajstić information content (AvgIpc) is 3.19. The molecule has 0 atom stereocenters. The molecule has 1 saturated heterocycles. The van der Waals surface area contributed by atoms with Crippen LogP contribution in [0.4, 0.5) is 5.69 Å². The number of nitrogens with zero attached hydrogens (tertiary/aromatic N) is 3. The van der Waals surface area contributed by atoms with Gasteiger partial charge in [-0.2, -0.15) is 0 Å². The van der Waals surface area contributed by atoms with Crippen LogP contribution in [0, 0.1) is 0 Å². The molecule has 1 aliphatic rings. The van der Waals surface area contributed by atoms with Gasteiger partial charge in [0, 0.05) is 37.5 Å². The Morgan fingerprint density at radius 3 is 2.36 bits per heavy atom. The van der Waals surface area contributed by atoms with Crippen LogP contribution < -0.4 is 19.9 Å². The van der Waals surface area contributed by atoms with E-state index in [1.807, 2.05) is 25.1 Å². The maximum absolute atomic E-state index is 12.9. The Morgan fingerprint density at radius 1 is 1.06 bits per heavy atom. The molecule has 1 fully saturated rings. The van der Waals surface area contributed by atoms with Gasteiger partial charge in [-0.3, -0.25) is 9.59 Å². The zero-order valence-electron chi connectivity index (χ0n) is 21.3. The van der Waals surface area contributed by atoms with Gasteiger partial charge in [0.2, 0.25) is 5.91 Å². The number of ether oxygens (including phenoxy) is 2. The molecule has 2 heterocycles. The molecule has 0 unspecified atom stereocenters. The zero-order chi connectivity index (χ0) is 25.5. The van der Waals surface area contributed by atoms with E-state index in [4.69, 9.17) is 9.47 Å². The van der Waals surface area contributed by atoms with E-state index in [0.29, 0.717) is 34.8 Å². The van der Waals surface area contributed by atoms with Crippen molar-refractivity contribution in [3.63, 3.8) is 0 Å². The van der Waals surface area contributed by atoms with Crippen LogP contribution in [0.1, 0.15) is 44.0 Å². The van der Waals surface area contributed by atoms with E-state index in [9.17, 15) is 9.59 Å². The van der Waals surface area contributed by atoms with Crippen molar-refractivity contribution in [3.8, 4) is 11.5 Å². The number of fused-ring (bicyclic) bond motifs is 1. The fourth-order valence-electron chi connectivity index (χ4n) is 4.51. The van der Waals surface area contributed by atoms with Crippen LogP contribution in [0.3, 0.4) is 0 Å². The molecule has 1 aromatic heterocycles. The Morgan fingerprint density at radius 2 is 1.72 bits per heavy atom. The van der Waals surface area contributed by atoms with Gasteiger partial charge in [-0.15, -0.1) is 0 Å². The second-order valence-electron chi connectivity index (χ2n) is 8.92. The third-order valence-electron chi connectivity index (χ3n) is 6.58. The van der Waals surface area contributed by atoms with Crippen LogP contribution in [0.5, 0.6) is 11.5 Å². The number of hydrogen-bond donors (Lipinski definition) is 1. The van der Waals surface area contributed by atoms with Crippen LogP contribution in [0.15, 0.2) is 47.3 Å². The number of benzene rings is 2. The molecule has 0 saturated carbocycles. The number of H-pyrrole nitrogens is 1. The van der Waals surface area contributed by atoms with Crippen molar-refractivity contribution >= 4 is 28.6 Å². The third-order valence-corrected chi connectivity index (χ3v) is 6.58. The summed E-state index contributed by atoms with van der Waals surface area (Å²) >= 11 is 0. The summed E-state index contributed by atoms with van der Waals surface area (Å²) in [5.74, 6) is 1.21. The molecule has 8 heteroatoms. The molecule has 0 bridgehead atoms. The number of methoxy groups -OCH3 is 2. The number of hydrogen-bond acceptors (Lipinski definition) is 6. The third kappa shape index (κ3) is 5.87. The first-order valence-electron chi connectivity index (χ1n) is 12.5. The van der Waals surface area contributed by atoms with Crippen LogP contribution in [0.25, 0.3) is 17.0 Å². The summed E-state index contributed by atoms with van der Waals surface area (Å²) in [5.41, 5.74) is 2.39. The number of anilines is 1. The molecule has 8 nitrogen and oxygen atoms in total. The molecule has 1 amide bonds. The minimum Gasteiger partial charge on any atom is -0.493 e. The Labute approximate surface area is 211 Å². The summed E-state index contributed by atoms with van der Waals surface area (Å²) < 4.78 is 10.6. The van der Waals surface area contributed by atoms with Crippen molar-refractivity contribution < 1.29 is 14.3 Å². The number of aromatic nitrogens is 2. The fourth-order valence-corrected chi connectivity index (χ4v) is 4.51. The molecule has 190 valence electrons. The first-order valence-corrected chi connectivity index (χ1v) is 12.5. The standard InChI is InChI=1S/C28H34N4O4/c1-4-31(19-26-29-23-18-25(36-3)24(35-2)17-22(23)28(34)30-26)27(33)14-11-20-9-12-21(13-10-20)32-15-7-5-6-8-16-32/h9-14,17-18H,4-8,15-16,19H2,1-3H3,(H,29,30,34)/b14-11+. The number of carbonyl (C=O) groups excluding carboxylic acids is 1. The van der Waals surface area contributed by atoms with Crippen LogP contribution in [0.2, 0.25) is 0 Å². The normalized spacial score (nSPS) is 14.1. The highest BCUT2D eigenvalue weighted by Gasteiger charge is 2.15. The highest BCUT2D eigenvalue weighted by Crippen LogP contribution is 2.30. The van der Waals surface area contributed by atoms with Crippen molar-refractivity contribution in [2.75, 3.05) is 38.8 Å². The van der Waals surface area contributed by atoms with Crippen LogP contribution in [-0.2, 0) is 11.3 Å². The van der Waals surface area contributed by atoms with Crippen molar-refractivity contribution in [1.82, 2.24) is 14.9 Å². The summed E-state index contributed by atoms with van der Waals surface area (Å²) in [5, 5.41) is 0.397. The molecular weight excluding hydrogens is 456 g/mol. The van der Waals surface area contributed by atoms with Gasteiger partial charge in [0.25, 0.3) is 5.56 Å². The number of likely N-dealkylation sites (N-methyl/N-ethyl adjacent to an activating group) is 1. The molecule has 0 aliphatic carbocycles. The van der Waals surface area contributed by atoms with E-state index in [1.165, 1.54) is 45.6 Å². The second-order valence-corrected chi connectivity index (χ2v) is 8.92. The average molecular weight is 491 g/mol. The number of amides is 1. The van der Waals surface area contributed by atoms with E-state index in [2.05, 4.69) is 27.0 Å². The fraction of sp³-hybridized carbons (Fsp3) is 0.393. The molecule has 36 heavy (non-hydrogen) atoms. The first-order chi connectivity index (χ1) is 17.5. The number of carbonyl (C=O) groups is 1. The number of nitrogens with one attached hydrogen (secondary N) is 1. The largest absolute Gasteiger partial charge is 0.493 e. The highest BCUT2D eigenvalue weighted by atomic mass is 16.5. The van der Waals surface area contributed by atoms with E-state index in [1.54, 1.807) is 23.1 Å². The van der Waals surface area contributed by atoms with Crippen molar-refractivity contribution in [1.29, 1.82) is 0 Å². The summed E-state index contributed by atoms with van der Waals surface area (Å²) in [7, 11) is 3.05. The molecule has 2 aromatic carbocycles. The summed E-state index contributed by atoms with van der Waals surface area (Å²) in [6, 6.07) is 11.6. The Balaban J connectivity index is 1.46. The van der Waals surface area contributed by atoms with Gasteiger partial charge in [0.1, 0.15) is 5.82 Å². The number of aromatic amines is 1. The van der Waals surface area contributed by atoms with E-state index < -0.39 is 0 Å². The van der Waals surface area contributed by atoms with E-state index >= 15 is 0 Å². The van der Waals surface area contributed by atoms with Crippen molar-refractivity contribution in [2.45, 2.75) is 39.2 Å². The second kappa shape index (κ2) is 11.7. The summed E-state index contributed by atoms with van der Waals surface area (Å²) in [6.45, 7) is 4.77. The van der Waals surface area contributed by atoms with Crippen LogP contribution >= 0.6 is 0 Å². The summed E-state index contributed by atoms with van der Waals surface area (Å²) in [6.07, 6.45) is 8.48. The minimum atomic E-state index is -0.292. The van der Waals surface area contributed by atoms with E-state index in [0.717, 1.165) is 18.7 Å². The maximum atomic E-state index is 12.9. The van der Waals surface area contributed by atoms with Crippen LogP contribution in [-0.4, -0.2) is 54.6 Å². The van der Waals surface area contributed by atoms with Gasteiger partial charge in [-0.1, -0.05) is 25.0 Å². The molecule has 1 aliphatic heterocycles. The molecular formula is C28H34N4O4. The molecule has 0 spiro atoms. The predicted octanol–water partition coefficient (Wildman–Crippen LogP) is 4.38. The first kappa shape index (κ1) is 25.3. The van der Waals surface area contributed by atoms with Gasteiger partial charge in [-0.05, 0) is 49.6 Å². The monoisotopic (exact) mass is 490 g/mol. The highest BCUT2D eigenvalue weighted by molar-refractivity contribution is 5.91. The number of rotatable bonds is 8. The van der Waals surface area contributed by atoms with E-state index in [-0.39, 0.29) is 18.0 Å². The molecule has 4 rings (SSSR count). The quantitative estimate of drug-likeness (QED) is 0.472. The topological polar surface area (TPSA) is 87.8 Å².